The summed E-state index contributed by atoms with van der Waals surface area (Å²) < 4.78 is 11.0. The van der Waals surface area contributed by atoms with Gasteiger partial charge in [0.25, 0.3) is 0 Å². The Bertz CT molecular complexity index is 10.8. The minimum Gasteiger partial charge on any atom is -0.522 e. The minimum absolute atomic E-state index is 1.52. The zero-order valence-corrected chi connectivity index (χ0v) is 4.38. The van der Waals surface area contributed by atoms with Crippen LogP contribution in [0, 0.1) is 0 Å². The third kappa shape index (κ3) is 33.2. The molecule has 0 N–H and O–H groups in total. The van der Waals surface area contributed by atoms with Gasteiger partial charge in [-0.1, -0.05) is 8.65 Å². The summed E-state index contributed by atoms with van der Waals surface area (Å²) in [5, 5.41) is 0. The first-order valence-electron chi connectivity index (χ1n) is 0.939. The van der Waals surface area contributed by atoms with Gasteiger partial charge in [-0.2, -0.15) is 16.3 Å². The Kier molecular flexibility index (Phi) is 1.81. The molecule has 0 spiro atoms. The van der Waals surface area contributed by atoms with Gasteiger partial charge in [-0.05, 0) is 0 Å². The Morgan fingerprint density at radius 2 is 2.00 bits per heavy atom. The minimum atomic E-state index is -1.57. The fourth-order valence-corrected chi connectivity index (χ4v) is 0. The summed E-state index contributed by atoms with van der Waals surface area (Å²) in [5.41, 5.74) is 0. The van der Waals surface area contributed by atoms with Crippen molar-refractivity contribution in [2.24, 2.45) is 0 Å². The highest BCUT2D eigenvalue weighted by Crippen LogP contribution is 1.64. The van der Waals surface area contributed by atoms with Crippen LogP contribution in [-0.2, 0) is 0 Å². The van der Waals surface area contributed by atoms with Gasteiger partial charge in [0.1, 0.15) is 0 Å². The van der Waals surface area contributed by atoms with Crippen LogP contribution in [0.25, 0.3) is 0 Å². The number of hydrogen-bond acceptors (Lipinski definition) is 0. The maximum absolute atomic E-state index is 11.0. The summed E-state index contributed by atoms with van der Waals surface area (Å²) in [6, 6.07) is 0. The Morgan fingerprint density at radius 1 is 2.00 bits per heavy atom. The molecule has 0 fully saturated rings. The van der Waals surface area contributed by atoms with Gasteiger partial charge in [-0.25, -0.2) is 0 Å². The van der Waals surface area contributed by atoms with Gasteiger partial charge in [0.15, 0.2) is 0 Å². The summed E-state index contributed by atoms with van der Waals surface area (Å²) in [5.74, 6) is 0. The number of hydrogen-bond donors (Lipinski definition) is 0. The second-order valence-electron chi connectivity index (χ2n) is 0.533. The monoisotopic (exact) mass is 90.0 g/mol. The smallest absolute Gasteiger partial charge is 0.0866 e. The van der Waals surface area contributed by atoms with Gasteiger partial charge >= 0.3 is 0 Å². The lowest BCUT2D eigenvalue weighted by Crippen LogP contribution is -1.92. The quantitative estimate of drug-likeness (QED) is 0.295. The average Bonchev–Trinajstić information content (AvgIpc) is 0.811. The van der Waals surface area contributed by atoms with E-state index in [1.807, 2.05) is 0 Å². The van der Waals surface area contributed by atoms with Crippen molar-refractivity contribution in [3.05, 3.63) is 0 Å². The molecular formula is CH3FSi2-. The van der Waals surface area contributed by atoms with Gasteiger partial charge in [0, 0.05) is 0 Å². The third-order valence-electron chi connectivity index (χ3n) is 0. The highest BCUT2D eigenvalue weighted by atomic mass is 29.2. The van der Waals surface area contributed by atoms with E-state index in [2.05, 4.69) is 9.76 Å². The second-order valence-corrected chi connectivity index (χ2v) is 3.67. The van der Waals surface area contributed by atoms with Crippen LogP contribution in [0.2, 0.25) is 6.55 Å². The predicted octanol–water partition coefficient (Wildman–Crippen LogP) is 0.242. The van der Waals surface area contributed by atoms with E-state index in [9.17, 15) is 4.11 Å². The lowest BCUT2D eigenvalue weighted by Gasteiger charge is -1.93. The van der Waals surface area contributed by atoms with Crippen LogP contribution in [0.1, 0.15) is 0 Å². The van der Waals surface area contributed by atoms with E-state index in [1.165, 1.54) is 6.55 Å². The standard InChI is InChI=1S/CH3FSi2/c1-4(2)3/h1H3/q-1. The van der Waals surface area contributed by atoms with Gasteiger partial charge in [-0.3, -0.25) is 0 Å². The molecule has 0 atom stereocenters. The highest BCUT2D eigenvalue weighted by molar-refractivity contribution is 6.98. The van der Waals surface area contributed by atoms with Crippen molar-refractivity contribution in [1.29, 1.82) is 0 Å². The number of halogens is 1. The van der Waals surface area contributed by atoms with E-state index in [0.717, 1.165) is 0 Å². The van der Waals surface area contributed by atoms with Crippen molar-refractivity contribution in [2.75, 3.05) is 0 Å². The van der Waals surface area contributed by atoms with Gasteiger partial charge < -0.3 is 4.11 Å². The van der Waals surface area contributed by atoms with Crippen molar-refractivity contribution >= 4 is 18.4 Å². The molecule has 0 aromatic carbocycles. The van der Waals surface area contributed by atoms with Crippen LogP contribution in [0.5, 0.6) is 0 Å². The van der Waals surface area contributed by atoms with Crippen molar-refractivity contribution < 1.29 is 4.11 Å². The third-order valence-corrected chi connectivity index (χ3v) is 0. The fourth-order valence-electron chi connectivity index (χ4n) is 0. The van der Waals surface area contributed by atoms with Crippen molar-refractivity contribution in [1.82, 2.24) is 0 Å². The molecule has 0 saturated heterocycles. The first-order valence-corrected chi connectivity index (χ1v) is 4.32. The van der Waals surface area contributed by atoms with E-state index >= 15 is 0 Å². The highest BCUT2D eigenvalue weighted by Gasteiger charge is 1.55. The zero-order valence-electron chi connectivity index (χ0n) is 2.38. The molecule has 3 heteroatoms. The molecule has 0 unspecified atom stereocenters. The molecule has 0 aliphatic carbocycles. The van der Waals surface area contributed by atoms with E-state index in [4.69, 9.17) is 0 Å². The van der Waals surface area contributed by atoms with Gasteiger partial charge in [-0.15, -0.1) is 0 Å². The molecule has 0 aliphatic rings. The van der Waals surface area contributed by atoms with E-state index in [0.29, 0.717) is 0 Å². The Morgan fingerprint density at radius 3 is 2.00 bits per heavy atom. The molecule has 0 saturated carbocycles. The van der Waals surface area contributed by atoms with Crippen molar-refractivity contribution in [2.45, 2.75) is 6.55 Å². The topological polar surface area (TPSA) is 0 Å². The maximum atomic E-state index is 11.0. The largest absolute Gasteiger partial charge is 0.522 e. The molecule has 0 heterocycles. The van der Waals surface area contributed by atoms with E-state index < -0.39 is 8.65 Å². The molecule has 0 aromatic heterocycles. The fraction of sp³-hybridized carbons (Fsp3) is 1.00. The maximum Gasteiger partial charge on any atom is -0.0866 e. The molecule has 0 rings (SSSR count). The Labute approximate surface area is 30.0 Å². The summed E-state index contributed by atoms with van der Waals surface area (Å²) in [6.07, 6.45) is 0. The molecular weight excluding hydrogens is 87.2 g/mol. The molecule has 0 amide bonds. The summed E-state index contributed by atoms with van der Waals surface area (Å²) in [6.45, 7) is 1.52. The molecule has 23 valence electrons. The van der Waals surface area contributed by atoms with E-state index in [1.54, 1.807) is 0 Å². The normalized spacial score (nSPS) is 9.00. The van der Waals surface area contributed by atoms with Gasteiger partial charge in [0.2, 0.25) is 0 Å². The summed E-state index contributed by atoms with van der Waals surface area (Å²) in [7, 11) is 1.17. The van der Waals surface area contributed by atoms with Crippen molar-refractivity contribution in [3.63, 3.8) is 0 Å². The average molecular weight is 90.2 g/mol. The first-order chi connectivity index (χ1) is 1.73. The zero-order chi connectivity index (χ0) is 3.58. The lowest BCUT2D eigenvalue weighted by molar-refractivity contribution is 0.867. The Balaban J connectivity index is 2.32. The predicted molar refractivity (Wildman–Crippen MR) is 18.5 cm³/mol. The summed E-state index contributed by atoms with van der Waals surface area (Å²) >= 11 is 0. The molecule has 0 aromatic rings. The van der Waals surface area contributed by atoms with Crippen LogP contribution in [0.3, 0.4) is 0 Å². The molecule has 0 aliphatic heterocycles. The Hall–Kier alpha value is 0.364. The molecule has 4 heavy (non-hydrogen) atoms. The van der Waals surface area contributed by atoms with Crippen LogP contribution in [0.4, 0.5) is 4.11 Å². The lowest BCUT2D eigenvalue weighted by atomic mass is 11.9. The van der Waals surface area contributed by atoms with Crippen LogP contribution in [-0.4, -0.2) is 18.4 Å². The van der Waals surface area contributed by atoms with E-state index in [-0.39, 0.29) is 0 Å². The first kappa shape index (κ1) is 4.36. The molecule has 0 bridgehead atoms. The second kappa shape index (κ2) is 1.66. The number of rotatable bonds is 0. The van der Waals surface area contributed by atoms with Crippen LogP contribution in [0.15, 0.2) is 0 Å². The van der Waals surface area contributed by atoms with Crippen LogP contribution >= 0.6 is 0 Å². The van der Waals surface area contributed by atoms with Crippen LogP contribution < -0.4 is 0 Å². The van der Waals surface area contributed by atoms with Crippen molar-refractivity contribution in [3.8, 4) is 0 Å². The molecule has 0 nitrogen and oxygen atoms in total. The molecule has 3 radical (unpaired) electrons. The van der Waals surface area contributed by atoms with Gasteiger partial charge in [0.05, 0.1) is 0 Å². The summed E-state index contributed by atoms with van der Waals surface area (Å²) in [4.78, 5) is 0. The SMILES string of the molecule is C[Si-](F)[Si].